The van der Waals surface area contributed by atoms with E-state index in [1.165, 1.54) is 50.4 Å². The quantitative estimate of drug-likeness (QED) is 0.518. The molecular formula is C22H27ClN2O6S. The van der Waals surface area contributed by atoms with Gasteiger partial charge in [0.1, 0.15) is 17.3 Å². The van der Waals surface area contributed by atoms with Crippen LogP contribution in [0.5, 0.6) is 5.75 Å². The van der Waals surface area contributed by atoms with Crippen LogP contribution < -0.4 is 9.50 Å². The zero-order valence-electron chi connectivity index (χ0n) is 18.4. The van der Waals surface area contributed by atoms with Crippen molar-refractivity contribution in [1.29, 1.82) is 0 Å². The fourth-order valence-corrected chi connectivity index (χ4v) is 4.10. The highest BCUT2D eigenvalue weighted by atomic mass is 35.5. The van der Waals surface area contributed by atoms with Gasteiger partial charge in [-0.1, -0.05) is 25.4 Å². The monoisotopic (exact) mass is 482 g/mol. The molecule has 0 atom stereocenters. The number of hydrogen-bond acceptors (Lipinski definition) is 6. The molecule has 174 valence electrons. The van der Waals surface area contributed by atoms with Crippen molar-refractivity contribution in [1.82, 2.24) is 4.90 Å². The topological polar surface area (TPSA) is 102 Å². The van der Waals surface area contributed by atoms with Crippen LogP contribution >= 0.6 is 11.6 Å². The molecule has 0 bridgehead atoms. The lowest BCUT2D eigenvalue weighted by atomic mass is 10.1. The fourth-order valence-electron chi connectivity index (χ4n) is 2.94. The SMILES string of the molecule is COCC(=O)N(Cc1cc(Cl)ccc1OS(=O)(=O)c1ccc(NC(C)=O)cc1)CC(C)C. The highest BCUT2D eigenvalue weighted by Crippen LogP contribution is 2.28. The number of nitrogens with zero attached hydrogens (tertiary/aromatic N) is 1. The van der Waals surface area contributed by atoms with E-state index in [1.807, 2.05) is 13.8 Å². The molecular weight excluding hydrogens is 456 g/mol. The van der Waals surface area contributed by atoms with Gasteiger partial charge in [0.25, 0.3) is 0 Å². The number of amides is 2. The summed E-state index contributed by atoms with van der Waals surface area (Å²) in [6.07, 6.45) is 0. The van der Waals surface area contributed by atoms with Crippen LogP contribution in [0.15, 0.2) is 47.4 Å². The van der Waals surface area contributed by atoms with Gasteiger partial charge in [-0.2, -0.15) is 8.42 Å². The van der Waals surface area contributed by atoms with Crippen molar-refractivity contribution in [2.24, 2.45) is 5.92 Å². The van der Waals surface area contributed by atoms with Crippen molar-refractivity contribution in [3.63, 3.8) is 0 Å². The summed E-state index contributed by atoms with van der Waals surface area (Å²) < 4.78 is 36.0. The first-order valence-electron chi connectivity index (χ1n) is 9.89. The fraction of sp³-hybridized carbons (Fsp3) is 0.364. The summed E-state index contributed by atoms with van der Waals surface area (Å²) in [5.74, 6) is -0.246. The Morgan fingerprint density at radius 1 is 1.12 bits per heavy atom. The Bertz CT molecular complexity index is 1050. The van der Waals surface area contributed by atoms with Gasteiger partial charge in [-0.05, 0) is 48.4 Å². The number of nitrogens with one attached hydrogen (secondary N) is 1. The summed E-state index contributed by atoms with van der Waals surface area (Å²) >= 11 is 6.13. The van der Waals surface area contributed by atoms with Crippen LogP contribution in [0.3, 0.4) is 0 Å². The molecule has 1 N–H and O–H groups in total. The Hall–Kier alpha value is -2.62. The second kappa shape index (κ2) is 11.3. The molecule has 0 saturated carbocycles. The third kappa shape index (κ3) is 7.51. The molecule has 10 heteroatoms. The van der Waals surface area contributed by atoms with E-state index in [0.29, 0.717) is 22.8 Å². The van der Waals surface area contributed by atoms with Crippen LogP contribution in [0.1, 0.15) is 26.3 Å². The van der Waals surface area contributed by atoms with Crippen LogP contribution in [0.2, 0.25) is 5.02 Å². The molecule has 0 saturated heterocycles. The molecule has 0 fully saturated rings. The number of carbonyl (C=O) groups excluding carboxylic acids is 2. The molecule has 8 nitrogen and oxygen atoms in total. The summed E-state index contributed by atoms with van der Waals surface area (Å²) in [6.45, 7) is 5.76. The van der Waals surface area contributed by atoms with Crippen molar-refractivity contribution >= 4 is 39.2 Å². The number of carbonyl (C=O) groups is 2. The molecule has 32 heavy (non-hydrogen) atoms. The van der Waals surface area contributed by atoms with E-state index in [-0.39, 0.29) is 41.5 Å². The maximum absolute atomic E-state index is 12.8. The van der Waals surface area contributed by atoms with Crippen molar-refractivity contribution in [2.45, 2.75) is 32.2 Å². The first kappa shape index (κ1) is 25.6. The van der Waals surface area contributed by atoms with Crippen LogP contribution in [0.25, 0.3) is 0 Å². The minimum atomic E-state index is -4.17. The Balaban J connectivity index is 2.31. The molecule has 0 aliphatic carbocycles. The number of halogens is 1. The predicted octanol–water partition coefficient (Wildman–Crippen LogP) is 3.70. The minimum absolute atomic E-state index is 0.0688. The number of anilines is 1. The van der Waals surface area contributed by atoms with Crippen LogP contribution in [0.4, 0.5) is 5.69 Å². The van der Waals surface area contributed by atoms with Crippen molar-refractivity contribution in [3.8, 4) is 5.75 Å². The second-order valence-electron chi connectivity index (χ2n) is 7.60. The standard InChI is InChI=1S/C22H27ClN2O6S/c1-15(2)12-25(22(27)14-30-4)13-17-11-18(23)5-10-21(17)31-32(28,29)20-8-6-19(7-9-20)24-16(3)26/h5-11,15H,12-14H2,1-4H3,(H,24,26). The largest absolute Gasteiger partial charge is 0.379 e. The van der Waals surface area contributed by atoms with Gasteiger partial charge in [0.15, 0.2) is 0 Å². The van der Waals surface area contributed by atoms with E-state index in [2.05, 4.69) is 5.32 Å². The third-order valence-corrected chi connectivity index (χ3v) is 5.74. The number of benzene rings is 2. The number of hydrogen-bond donors (Lipinski definition) is 1. The summed E-state index contributed by atoms with van der Waals surface area (Å²) in [5.41, 5.74) is 0.908. The molecule has 0 aromatic heterocycles. The number of methoxy groups -OCH3 is 1. The van der Waals surface area contributed by atoms with E-state index in [9.17, 15) is 18.0 Å². The molecule has 0 aliphatic rings. The zero-order chi connectivity index (χ0) is 23.9. The maximum atomic E-state index is 12.8. The summed E-state index contributed by atoms with van der Waals surface area (Å²) in [7, 11) is -2.73. The molecule has 0 heterocycles. The smallest absolute Gasteiger partial charge is 0.339 e. The molecule has 0 unspecified atom stereocenters. The van der Waals surface area contributed by atoms with Crippen molar-refractivity contribution in [2.75, 3.05) is 25.6 Å². The van der Waals surface area contributed by atoms with Gasteiger partial charge < -0.3 is 19.1 Å². The van der Waals surface area contributed by atoms with Crippen LogP contribution in [-0.4, -0.2) is 45.4 Å². The second-order valence-corrected chi connectivity index (χ2v) is 9.58. The minimum Gasteiger partial charge on any atom is -0.379 e. The van der Waals surface area contributed by atoms with E-state index in [0.717, 1.165) is 0 Å². The van der Waals surface area contributed by atoms with Crippen molar-refractivity contribution < 1.29 is 26.9 Å². The highest BCUT2D eigenvalue weighted by molar-refractivity contribution is 7.87. The lowest BCUT2D eigenvalue weighted by Crippen LogP contribution is -2.36. The molecule has 0 aliphatic heterocycles. The highest BCUT2D eigenvalue weighted by Gasteiger charge is 2.22. The van der Waals surface area contributed by atoms with Gasteiger partial charge in [-0.3, -0.25) is 9.59 Å². The van der Waals surface area contributed by atoms with Gasteiger partial charge in [0.2, 0.25) is 11.8 Å². The van der Waals surface area contributed by atoms with Gasteiger partial charge in [0.05, 0.1) is 0 Å². The van der Waals surface area contributed by atoms with Crippen molar-refractivity contribution in [3.05, 3.63) is 53.1 Å². The summed E-state index contributed by atoms with van der Waals surface area (Å²) in [5, 5.41) is 2.95. The van der Waals surface area contributed by atoms with E-state index in [1.54, 1.807) is 11.0 Å². The van der Waals surface area contributed by atoms with Gasteiger partial charge in [0, 0.05) is 43.4 Å². The number of ether oxygens (including phenoxy) is 1. The van der Waals surface area contributed by atoms with Gasteiger partial charge >= 0.3 is 10.1 Å². The Kier molecular flexibility index (Phi) is 9.06. The average Bonchev–Trinajstić information content (AvgIpc) is 2.69. The summed E-state index contributed by atoms with van der Waals surface area (Å²) in [4.78, 5) is 25.1. The maximum Gasteiger partial charge on any atom is 0.339 e. The molecule has 2 rings (SSSR count). The first-order valence-corrected chi connectivity index (χ1v) is 11.7. The van der Waals surface area contributed by atoms with E-state index >= 15 is 0 Å². The molecule has 0 spiro atoms. The number of rotatable bonds is 10. The van der Waals surface area contributed by atoms with E-state index < -0.39 is 10.1 Å². The predicted molar refractivity (Wildman–Crippen MR) is 122 cm³/mol. The van der Waals surface area contributed by atoms with Crippen LogP contribution in [-0.2, 0) is 31.0 Å². The normalized spacial score (nSPS) is 11.3. The third-order valence-electron chi connectivity index (χ3n) is 4.25. The lowest BCUT2D eigenvalue weighted by molar-refractivity contribution is -0.136. The summed E-state index contributed by atoms with van der Waals surface area (Å²) in [6, 6.07) is 10.1. The first-order chi connectivity index (χ1) is 15.0. The molecule has 2 aromatic rings. The molecule has 2 aromatic carbocycles. The average molecular weight is 483 g/mol. The van der Waals surface area contributed by atoms with Crippen LogP contribution in [0, 0.1) is 5.92 Å². The molecule has 0 radical (unpaired) electrons. The Labute approximate surface area is 193 Å². The zero-order valence-corrected chi connectivity index (χ0v) is 20.0. The Morgan fingerprint density at radius 2 is 1.78 bits per heavy atom. The Morgan fingerprint density at radius 3 is 2.34 bits per heavy atom. The van der Waals surface area contributed by atoms with Gasteiger partial charge in [-0.25, -0.2) is 0 Å². The molecule has 2 amide bonds. The van der Waals surface area contributed by atoms with E-state index in [4.69, 9.17) is 20.5 Å². The van der Waals surface area contributed by atoms with Gasteiger partial charge in [-0.15, -0.1) is 0 Å². The lowest BCUT2D eigenvalue weighted by Gasteiger charge is -2.25.